The zero-order chi connectivity index (χ0) is 16.3. The van der Waals surface area contributed by atoms with Crippen LogP contribution < -0.4 is 0 Å². The van der Waals surface area contributed by atoms with E-state index in [-0.39, 0.29) is 11.0 Å². The van der Waals surface area contributed by atoms with Crippen molar-refractivity contribution in [3.05, 3.63) is 0 Å². The number of aliphatic carboxylic acids is 1. The molecular formula is C20H30O3. The van der Waals surface area contributed by atoms with Gasteiger partial charge >= 0.3 is 5.97 Å². The van der Waals surface area contributed by atoms with Crippen molar-refractivity contribution in [2.24, 2.45) is 34.0 Å². The highest BCUT2D eigenvalue weighted by Gasteiger charge is 2.74. The van der Waals surface area contributed by atoms with E-state index in [1.54, 1.807) is 0 Å². The third kappa shape index (κ3) is 1.50. The third-order valence-electron chi connectivity index (χ3n) is 9.30. The van der Waals surface area contributed by atoms with E-state index < -0.39 is 11.4 Å². The van der Waals surface area contributed by atoms with E-state index in [0.717, 1.165) is 25.2 Å². The van der Waals surface area contributed by atoms with Crippen molar-refractivity contribution in [3.63, 3.8) is 0 Å². The van der Waals surface area contributed by atoms with Gasteiger partial charge in [0, 0.05) is 0 Å². The highest BCUT2D eigenvalue weighted by molar-refractivity contribution is 5.75. The van der Waals surface area contributed by atoms with Crippen molar-refractivity contribution in [2.75, 3.05) is 0 Å². The van der Waals surface area contributed by atoms with Crippen LogP contribution in [-0.2, 0) is 9.53 Å². The number of carboxylic acids is 1. The fraction of sp³-hybridized carbons (Fsp3) is 0.950. The molecule has 2 saturated heterocycles. The van der Waals surface area contributed by atoms with E-state index in [2.05, 4.69) is 13.8 Å². The van der Waals surface area contributed by atoms with Gasteiger partial charge in [0.25, 0.3) is 0 Å². The maximum Gasteiger partial charge on any atom is 0.309 e. The van der Waals surface area contributed by atoms with E-state index >= 15 is 0 Å². The molecule has 1 N–H and O–H groups in total. The van der Waals surface area contributed by atoms with Crippen molar-refractivity contribution in [1.29, 1.82) is 0 Å². The number of rotatable bonds is 1. The number of carboxylic acid groups (broad SMARTS) is 1. The molecule has 4 saturated carbocycles. The van der Waals surface area contributed by atoms with Gasteiger partial charge in [0.2, 0.25) is 0 Å². The van der Waals surface area contributed by atoms with Gasteiger partial charge < -0.3 is 9.84 Å². The Bertz CT molecular complexity index is 587. The minimum Gasteiger partial charge on any atom is -0.481 e. The van der Waals surface area contributed by atoms with Gasteiger partial charge in [0.1, 0.15) is 0 Å². The number of fused-ring (bicyclic) bond motifs is 1. The highest BCUT2D eigenvalue weighted by atomic mass is 16.5. The molecule has 6 rings (SSSR count). The zero-order valence-corrected chi connectivity index (χ0v) is 14.7. The lowest BCUT2D eigenvalue weighted by atomic mass is 9.40. The van der Waals surface area contributed by atoms with Gasteiger partial charge in [0.05, 0.1) is 17.1 Å². The summed E-state index contributed by atoms with van der Waals surface area (Å²) in [4.78, 5) is 12.1. The Kier molecular flexibility index (Phi) is 2.55. The predicted octanol–water partition coefficient (Wildman–Crippen LogP) is 4.25. The summed E-state index contributed by atoms with van der Waals surface area (Å²) >= 11 is 0. The number of carbonyl (C=O) groups is 1. The fourth-order valence-corrected chi connectivity index (χ4v) is 8.69. The normalized spacial score (nSPS) is 62.9. The first-order valence-corrected chi connectivity index (χ1v) is 9.65. The van der Waals surface area contributed by atoms with Gasteiger partial charge in [-0.1, -0.05) is 13.3 Å². The minimum absolute atomic E-state index is 0.134. The lowest BCUT2D eigenvalue weighted by Gasteiger charge is -2.65. The number of hydrogen-bond acceptors (Lipinski definition) is 2. The Morgan fingerprint density at radius 1 is 1.17 bits per heavy atom. The van der Waals surface area contributed by atoms with Crippen LogP contribution in [0.5, 0.6) is 0 Å². The standard InChI is InChI=1S/C20H30O3/c1-17-6-4-7-18(2,16(21)22)14(17)5-8-20-10-12-9-13(15(17)20)23-19(12,3)11-20/h12-15H,4-11H2,1-3H3,(H,21,22)/t12-,13+,14+,15+,17-,18-,19+,20+/m1/s1. The molecule has 8 atom stereocenters. The predicted molar refractivity (Wildman–Crippen MR) is 87.0 cm³/mol. The van der Waals surface area contributed by atoms with E-state index in [1.807, 2.05) is 6.92 Å². The van der Waals surface area contributed by atoms with Gasteiger partial charge in [-0.2, -0.15) is 0 Å². The fourth-order valence-electron chi connectivity index (χ4n) is 8.69. The quantitative estimate of drug-likeness (QED) is 0.786. The van der Waals surface area contributed by atoms with Crippen LogP contribution in [-0.4, -0.2) is 22.8 Å². The van der Waals surface area contributed by atoms with Crippen molar-refractivity contribution >= 4 is 5.97 Å². The molecular weight excluding hydrogens is 288 g/mol. The van der Waals surface area contributed by atoms with E-state index in [4.69, 9.17) is 4.74 Å². The molecule has 0 unspecified atom stereocenters. The summed E-state index contributed by atoms with van der Waals surface area (Å²) in [6.07, 6.45) is 9.69. The number of hydrogen-bond donors (Lipinski definition) is 1. The maximum absolute atomic E-state index is 12.1. The largest absolute Gasteiger partial charge is 0.481 e. The van der Waals surface area contributed by atoms with Crippen LogP contribution in [0.4, 0.5) is 0 Å². The molecule has 6 fully saturated rings. The van der Waals surface area contributed by atoms with Gasteiger partial charge in [0.15, 0.2) is 0 Å². The zero-order valence-electron chi connectivity index (χ0n) is 14.7. The molecule has 4 bridgehead atoms. The summed E-state index contributed by atoms with van der Waals surface area (Å²) in [6.45, 7) is 6.81. The second-order valence-electron chi connectivity index (χ2n) is 10.3. The Morgan fingerprint density at radius 3 is 2.65 bits per heavy atom. The van der Waals surface area contributed by atoms with Crippen molar-refractivity contribution in [2.45, 2.75) is 83.8 Å². The smallest absolute Gasteiger partial charge is 0.309 e. The second kappa shape index (κ2) is 3.98. The summed E-state index contributed by atoms with van der Waals surface area (Å²) < 4.78 is 6.60. The lowest BCUT2D eigenvalue weighted by molar-refractivity contribution is -0.229. The molecule has 0 aromatic rings. The molecule has 0 aromatic heterocycles. The topological polar surface area (TPSA) is 46.5 Å². The van der Waals surface area contributed by atoms with Gasteiger partial charge in [-0.15, -0.1) is 0 Å². The molecule has 3 nitrogen and oxygen atoms in total. The van der Waals surface area contributed by atoms with Gasteiger partial charge in [-0.3, -0.25) is 4.79 Å². The molecule has 128 valence electrons. The Morgan fingerprint density at radius 2 is 1.96 bits per heavy atom. The monoisotopic (exact) mass is 318 g/mol. The van der Waals surface area contributed by atoms with E-state index in [9.17, 15) is 9.90 Å². The Balaban J connectivity index is 1.60. The summed E-state index contributed by atoms with van der Waals surface area (Å²) in [7, 11) is 0. The molecule has 1 spiro atoms. The molecule has 3 heteroatoms. The minimum atomic E-state index is -0.566. The van der Waals surface area contributed by atoms with Crippen molar-refractivity contribution in [3.8, 4) is 0 Å². The van der Waals surface area contributed by atoms with Crippen molar-refractivity contribution < 1.29 is 14.6 Å². The van der Waals surface area contributed by atoms with Crippen molar-refractivity contribution in [1.82, 2.24) is 0 Å². The first-order chi connectivity index (χ1) is 10.7. The highest BCUT2D eigenvalue weighted by Crippen LogP contribution is 2.76. The third-order valence-corrected chi connectivity index (χ3v) is 9.30. The second-order valence-corrected chi connectivity index (χ2v) is 10.3. The summed E-state index contributed by atoms with van der Waals surface area (Å²) in [5.74, 6) is 1.12. The first kappa shape index (κ1) is 14.7. The Hall–Kier alpha value is -0.570. The van der Waals surface area contributed by atoms with E-state index in [1.165, 1.54) is 32.1 Å². The van der Waals surface area contributed by atoms with Crippen LogP contribution in [0.2, 0.25) is 0 Å². The molecule has 0 amide bonds. The van der Waals surface area contributed by atoms with Crippen LogP contribution in [0, 0.1) is 34.0 Å². The molecule has 6 aliphatic rings. The van der Waals surface area contributed by atoms with Crippen LogP contribution in [0.15, 0.2) is 0 Å². The maximum atomic E-state index is 12.1. The summed E-state index contributed by atoms with van der Waals surface area (Å²) in [5, 5.41) is 9.96. The molecule has 0 radical (unpaired) electrons. The van der Waals surface area contributed by atoms with Crippen LogP contribution in [0.1, 0.15) is 72.1 Å². The molecule has 0 aromatic carbocycles. The molecule has 23 heavy (non-hydrogen) atoms. The summed E-state index contributed by atoms with van der Waals surface area (Å²) in [6, 6.07) is 0. The average Bonchev–Trinajstić information content (AvgIpc) is 2.79. The Labute approximate surface area is 139 Å². The van der Waals surface area contributed by atoms with Gasteiger partial charge in [-0.25, -0.2) is 0 Å². The van der Waals surface area contributed by atoms with Crippen LogP contribution in [0.25, 0.3) is 0 Å². The number of ether oxygens (including phenoxy) is 1. The SMILES string of the molecule is C[C@@]12CCC[C@@](C)(C(=O)O)[C@H]1CC[C@]13C[C@H]4C[C@H](O[C@@]4(C)C1)[C@H]32. The molecule has 2 aliphatic heterocycles. The van der Waals surface area contributed by atoms with Crippen LogP contribution in [0.3, 0.4) is 0 Å². The van der Waals surface area contributed by atoms with Crippen LogP contribution >= 0.6 is 0 Å². The molecule has 4 aliphatic carbocycles. The average molecular weight is 318 g/mol. The van der Waals surface area contributed by atoms with Gasteiger partial charge in [-0.05, 0) is 87.4 Å². The first-order valence-electron chi connectivity index (χ1n) is 9.65. The van der Waals surface area contributed by atoms with E-state index in [0.29, 0.717) is 23.4 Å². The molecule has 2 heterocycles. The summed E-state index contributed by atoms with van der Waals surface area (Å²) in [5.41, 5.74) is 0.222. The lowest BCUT2D eigenvalue weighted by Crippen LogP contribution is -2.62.